The summed E-state index contributed by atoms with van der Waals surface area (Å²) in [6.07, 6.45) is 3.10. The maximum absolute atomic E-state index is 12.0. The average molecular weight is 213 g/mol. The van der Waals surface area contributed by atoms with E-state index in [1.807, 2.05) is 11.8 Å². The van der Waals surface area contributed by atoms with E-state index in [1.165, 1.54) is 6.42 Å². The molecule has 0 bridgehead atoms. The molecule has 1 amide bonds. The summed E-state index contributed by atoms with van der Waals surface area (Å²) in [5, 5.41) is 9.06. The first-order chi connectivity index (χ1) is 7.20. The normalized spacial score (nSPS) is 32.5. The Labute approximate surface area is 90.2 Å². The van der Waals surface area contributed by atoms with Gasteiger partial charge in [0.05, 0.1) is 18.8 Å². The highest BCUT2D eigenvalue weighted by molar-refractivity contribution is 5.79. The number of aliphatic hydroxyl groups is 1. The van der Waals surface area contributed by atoms with E-state index in [4.69, 9.17) is 9.84 Å². The van der Waals surface area contributed by atoms with Crippen LogP contribution in [0.2, 0.25) is 0 Å². The third kappa shape index (κ3) is 2.32. The molecule has 0 aromatic heterocycles. The highest BCUT2D eigenvalue weighted by Gasteiger charge is 2.34. The number of carbonyl (C=O) groups is 1. The molecule has 1 saturated heterocycles. The van der Waals surface area contributed by atoms with E-state index < -0.39 is 0 Å². The smallest absolute Gasteiger partial charge is 0.225 e. The van der Waals surface area contributed by atoms with Crippen molar-refractivity contribution < 1.29 is 14.6 Å². The Bertz CT molecular complexity index is 240. The van der Waals surface area contributed by atoms with Gasteiger partial charge in [0, 0.05) is 19.0 Å². The van der Waals surface area contributed by atoms with Crippen LogP contribution in [-0.4, -0.2) is 47.8 Å². The number of ether oxygens (including phenoxy) is 1. The molecule has 0 spiro atoms. The third-order valence-electron chi connectivity index (χ3n) is 3.30. The van der Waals surface area contributed by atoms with E-state index >= 15 is 0 Å². The molecule has 1 aliphatic carbocycles. The zero-order chi connectivity index (χ0) is 10.8. The van der Waals surface area contributed by atoms with Gasteiger partial charge in [-0.2, -0.15) is 0 Å². The predicted octanol–water partition coefficient (Wildman–Crippen LogP) is 0.395. The number of carbonyl (C=O) groups excluding carboxylic acids is 1. The van der Waals surface area contributed by atoms with E-state index in [2.05, 4.69) is 0 Å². The molecule has 0 aromatic carbocycles. The van der Waals surface area contributed by atoms with Crippen LogP contribution in [-0.2, 0) is 9.53 Å². The number of morpholine rings is 1. The van der Waals surface area contributed by atoms with Crippen molar-refractivity contribution >= 4 is 5.91 Å². The molecule has 1 saturated carbocycles. The number of nitrogens with zero attached hydrogens (tertiary/aromatic N) is 1. The van der Waals surface area contributed by atoms with Crippen molar-refractivity contribution in [2.45, 2.75) is 38.4 Å². The fourth-order valence-electron chi connectivity index (χ4n) is 2.24. The molecule has 1 N–H and O–H groups in total. The molecule has 0 radical (unpaired) electrons. The van der Waals surface area contributed by atoms with E-state index in [-0.39, 0.29) is 30.6 Å². The summed E-state index contributed by atoms with van der Waals surface area (Å²) in [6, 6.07) is 0. The minimum absolute atomic E-state index is 0.00120. The number of hydrogen-bond acceptors (Lipinski definition) is 3. The number of aliphatic hydroxyl groups excluding tert-OH is 1. The van der Waals surface area contributed by atoms with Gasteiger partial charge in [0.15, 0.2) is 0 Å². The van der Waals surface area contributed by atoms with Gasteiger partial charge in [0.2, 0.25) is 5.91 Å². The van der Waals surface area contributed by atoms with Gasteiger partial charge in [-0.3, -0.25) is 4.79 Å². The Morgan fingerprint density at radius 2 is 2.20 bits per heavy atom. The lowest BCUT2D eigenvalue weighted by Crippen LogP contribution is -2.52. The molecule has 0 aromatic rings. The van der Waals surface area contributed by atoms with E-state index in [9.17, 15) is 4.79 Å². The molecular weight excluding hydrogens is 194 g/mol. The lowest BCUT2D eigenvalue weighted by Gasteiger charge is -2.39. The number of rotatable bonds is 2. The molecule has 4 nitrogen and oxygen atoms in total. The van der Waals surface area contributed by atoms with Gasteiger partial charge >= 0.3 is 0 Å². The van der Waals surface area contributed by atoms with Crippen molar-refractivity contribution in [3.8, 4) is 0 Å². The molecular formula is C11H19NO3. The first kappa shape index (κ1) is 10.9. The van der Waals surface area contributed by atoms with Crippen LogP contribution in [0.1, 0.15) is 26.2 Å². The Kier molecular flexibility index (Phi) is 3.26. The first-order valence-electron chi connectivity index (χ1n) is 5.76. The molecule has 1 heterocycles. The summed E-state index contributed by atoms with van der Waals surface area (Å²) in [5.74, 6) is 0.504. The lowest BCUT2D eigenvalue weighted by atomic mass is 9.84. The molecule has 15 heavy (non-hydrogen) atoms. The maximum atomic E-state index is 12.0. The number of amides is 1. The Morgan fingerprint density at radius 3 is 2.73 bits per heavy atom. The highest BCUT2D eigenvalue weighted by Crippen LogP contribution is 2.29. The predicted molar refractivity (Wildman–Crippen MR) is 55.3 cm³/mol. The third-order valence-corrected chi connectivity index (χ3v) is 3.30. The van der Waals surface area contributed by atoms with Crippen LogP contribution in [0.15, 0.2) is 0 Å². The zero-order valence-electron chi connectivity index (χ0n) is 9.19. The summed E-state index contributed by atoms with van der Waals surface area (Å²) >= 11 is 0. The van der Waals surface area contributed by atoms with E-state index in [0.29, 0.717) is 13.1 Å². The minimum Gasteiger partial charge on any atom is -0.394 e. The largest absolute Gasteiger partial charge is 0.394 e. The van der Waals surface area contributed by atoms with Gasteiger partial charge in [0.1, 0.15) is 0 Å². The molecule has 2 rings (SSSR count). The quantitative estimate of drug-likeness (QED) is 0.722. The van der Waals surface area contributed by atoms with Crippen LogP contribution >= 0.6 is 0 Å². The van der Waals surface area contributed by atoms with E-state index in [0.717, 1.165) is 12.8 Å². The summed E-state index contributed by atoms with van der Waals surface area (Å²) in [4.78, 5) is 13.8. The monoisotopic (exact) mass is 213 g/mol. The Morgan fingerprint density at radius 1 is 1.47 bits per heavy atom. The number of hydrogen-bond donors (Lipinski definition) is 1. The zero-order valence-corrected chi connectivity index (χ0v) is 9.19. The van der Waals surface area contributed by atoms with Crippen molar-refractivity contribution in [3.05, 3.63) is 0 Å². The second kappa shape index (κ2) is 4.49. The van der Waals surface area contributed by atoms with Gasteiger partial charge in [-0.15, -0.1) is 0 Å². The first-order valence-corrected chi connectivity index (χ1v) is 5.76. The summed E-state index contributed by atoms with van der Waals surface area (Å²) in [7, 11) is 0. The molecule has 2 unspecified atom stereocenters. The molecule has 2 atom stereocenters. The second-order valence-corrected chi connectivity index (χ2v) is 4.62. The fraction of sp³-hybridized carbons (Fsp3) is 0.909. The SMILES string of the molecule is CC1CN(C(=O)C2CCC2)CC(CO)O1. The van der Waals surface area contributed by atoms with Crippen LogP contribution in [0.3, 0.4) is 0 Å². The van der Waals surface area contributed by atoms with Crippen molar-refractivity contribution in [2.75, 3.05) is 19.7 Å². The van der Waals surface area contributed by atoms with Crippen molar-refractivity contribution in [3.63, 3.8) is 0 Å². The van der Waals surface area contributed by atoms with E-state index in [1.54, 1.807) is 0 Å². The maximum Gasteiger partial charge on any atom is 0.225 e. The fourth-order valence-corrected chi connectivity index (χ4v) is 2.24. The minimum atomic E-state index is -0.197. The van der Waals surface area contributed by atoms with Crippen LogP contribution in [0.4, 0.5) is 0 Å². The lowest BCUT2D eigenvalue weighted by molar-refractivity contribution is -0.153. The van der Waals surface area contributed by atoms with Crippen molar-refractivity contribution in [2.24, 2.45) is 5.92 Å². The summed E-state index contributed by atoms with van der Waals surface area (Å²) < 4.78 is 5.50. The summed E-state index contributed by atoms with van der Waals surface area (Å²) in [6.45, 7) is 3.17. The van der Waals surface area contributed by atoms with Crippen molar-refractivity contribution in [1.82, 2.24) is 4.90 Å². The topological polar surface area (TPSA) is 49.8 Å². The molecule has 1 aliphatic heterocycles. The van der Waals surface area contributed by atoms with Gasteiger partial charge < -0.3 is 14.7 Å². The second-order valence-electron chi connectivity index (χ2n) is 4.62. The van der Waals surface area contributed by atoms with Crippen LogP contribution in [0.25, 0.3) is 0 Å². The van der Waals surface area contributed by atoms with Gasteiger partial charge in [-0.1, -0.05) is 6.42 Å². The van der Waals surface area contributed by atoms with Gasteiger partial charge in [0.25, 0.3) is 0 Å². The standard InChI is InChI=1S/C11H19NO3/c1-8-5-12(6-10(7-13)15-8)11(14)9-3-2-4-9/h8-10,13H,2-7H2,1H3. The summed E-state index contributed by atoms with van der Waals surface area (Å²) in [5.41, 5.74) is 0. The molecule has 86 valence electrons. The van der Waals surface area contributed by atoms with Crippen LogP contribution in [0, 0.1) is 5.92 Å². The highest BCUT2D eigenvalue weighted by atomic mass is 16.5. The molecule has 2 aliphatic rings. The average Bonchev–Trinajstić information content (AvgIpc) is 2.14. The van der Waals surface area contributed by atoms with Gasteiger partial charge in [-0.05, 0) is 19.8 Å². The Balaban J connectivity index is 1.92. The van der Waals surface area contributed by atoms with Crippen LogP contribution in [0.5, 0.6) is 0 Å². The van der Waals surface area contributed by atoms with Crippen molar-refractivity contribution in [1.29, 1.82) is 0 Å². The molecule has 2 fully saturated rings. The van der Waals surface area contributed by atoms with Gasteiger partial charge in [-0.25, -0.2) is 0 Å². The Hall–Kier alpha value is -0.610. The molecule has 4 heteroatoms. The van der Waals surface area contributed by atoms with Crippen LogP contribution < -0.4 is 0 Å².